The van der Waals surface area contributed by atoms with Crippen LogP contribution >= 0.6 is 0 Å². The number of para-hydroxylation sites is 2. The summed E-state index contributed by atoms with van der Waals surface area (Å²) in [5, 5.41) is 0. The van der Waals surface area contributed by atoms with Gasteiger partial charge < -0.3 is 11.5 Å². The van der Waals surface area contributed by atoms with Crippen LogP contribution in [0.15, 0.2) is 85.5 Å². The molecule has 4 nitrogen and oxygen atoms in total. The molecular formula is C16H18IrN4. The number of aromatic nitrogens is 2. The smallest absolute Gasteiger partial charge is 0.0547 e. The first-order valence-corrected chi connectivity index (χ1v) is 6.10. The van der Waals surface area contributed by atoms with Gasteiger partial charge in [-0.2, -0.15) is 0 Å². The van der Waals surface area contributed by atoms with Crippen molar-refractivity contribution < 1.29 is 20.1 Å². The fourth-order valence-electron chi connectivity index (χ4n) is 1.14. The molecule has 3 aromatic rings. The van der Waals surface area contributed by atoms with Crippen LogP contribution in [0.3, 0.4) is 0 Å². The molecule has 0 aliphatic carbocycles. The van der Waals surface area contributed by atoms with Crippen molar-refractivity contribution >= 4 is 11.4 Å². The SMILES string of the molecule is Nc1ccccc1N.[Ir].c1ccncc1.c1ccncc1. The van der Waals surface area contributed by atoms with Gasteiger partial charge in [-0.25, -0.2) is 0 Å². The summed E-state index contributed by atoms with van der Waals surface area (Å²) < 4.78 is 0. The zero-order chi connectivity index (χ0) is 14.5. The maximum absolute atomic E-state index is 5.39. The minimum atomic E-state index is 0. The van der Waals surface area contributed by atoms with Crippen molar-refractivity contribution in [3.8, 4) is 0 Å². The Balaban J connectivity index is 0.000000283. The molecule has 0 spiro atoms. The molecule has 21 heavy (non-hydrogen) atoms. The number of nitrogen functional groups attached to an aromatic ring is 2. The van der Waals surface area contributed by atoms with Gasteiger partial charge in [-0.1, -0.05) is 24.3 Å². The normalized spacial score (nSPS) is 8.00. The predicted octanol–water partition coefficient (Wildman–Crippen LogP) is 3.01. The molecule has 2 heterocycles. The van der Waals surface area contributed by atoms with Gasteiger partial charge >= 0.3 is 0 Å². The van der Waals surface area contributed by atoms with E-state index in [1.807, 2.05) is 48.5 Å². The van der Waals surface area contributed by atoms with Crippen molar-refractivity contribution in [3.05, 3.63) is 85.5 Å². The molecule has 5 heteroatoms. The topological polar surface area (TPSA) is 77.8 Å². The third kappa shape index (κ3) is 10.2. The van der Waals surface area contributed by atoms with Crippen molar-refractivity contribution in [1.82, 2.24) is 9.97 Å². The minimum Gasteiger partial charge on any atom is -0.397 e. The largest absolute Gasteiger partial charge is 0.397 e. The minimum absolute atomic E-state index is 0. The Morgan fingerprint density at radius 2 is 0.857 bits per heavy atom. The van der Waals surface area contributed by atoms with Crippen LogP contribution in [0.5, 0.6) is 0 Å². The molecule has 0 aliphatic rings. The summed E-state index contributed by atoms with van der Waals surface area (Å²) in [4.78, 5) is 7.57. The van der Waals surface area contributed by atoms with Crippen molar-refractivity contribution in [2.24, 2.45) is 0 Å². The summed E-state index contributed by atoms with van der Waals surface area (Å²) in [5.41, 5.74) is 12.1. The fourth-order valence-corrected chi connectivity index (χ4v) is 1.14. The summed E-state index contributed by atoms with van der Waals surface area (Å²) in [6.45, 7) is 0. The number of hydrogen-bond acceptors (Lipinski definition) is 4. The first-order chi connectivity index (χ1) is 9.80. The van der Waals surface area contributed by atoms with Crippen molar-refractivity contribution in [2.45, 2.75) is 0 Å². The molecule has 1 aromatic carbocycles. The molecule has 0 bridgehead atoms. The Morgan fingerprint density at radius 3 is 1.00 bits per heavy atom. The van der Waals surface area contributed by atoms with E-state index in [1.54, 1.807) is 36.9 Å². The monoisotopic (exact) mass is 459 g/mol. The zero-order valence-electron chi connectivity index (χ0n) is 11.5. The van der Waals surface area contributed by atoms with Gasteiger partial charge in [-0.3, -0.25) is 9.97 Å². The third-order valence-electron chi connectivity index (χ3n) is 2.13. The molecule has 0 amide bonds. The molecule has 2 aromatic heterocycles. The number of pyridine rings is 2. The fraction of sp³-hybridized carbons (Fsp3) is 0. The van der Waals surface area contributed by atoms with Crippen LogP contribution in [0, 0.1) is 0 Å². The Kier molecular flexibility index (Phi) is 11.4. The van der Waals surface area contributed by atoms with E-state index in [1.165, 1.54) is 0 Å². The standard InChI is InChI=1S/C6H8N2.2C5H5N.Ir/c7-5-3-1-2-4-6(5)8;2*1-2-4-6-5-3-1;/h1-4H,7-8H2;2*1-5H;. The molecule has 0 saturated carbocycles. The predicted molar refractivity (Wildman–Crippen MR) is 83.7 cm³/mol. The molecule has 0 aliphatic heterocycles. The Labute approximate surface area is 138 Å². The number of benzene rings is 1. The second kappa shape index (κ2) is 12.8. The van der Waals surface area contributed by atoms with E-state index in [0.29, 0.717) is 11.4 Å². The van der Waals surface area contributed by atoms with Gasteiger partial charge in [0.25, 0.3) is 0 Å². The van der Waals surface area contributed by atoms with Crippen molar-refractivity contribution in [2.75, 3.05) is 11.5 Å². The van der Waals surface area contributed by atoms with Crippen LogP contribution in [0.2, 0.25) is 0 Å². The van der Waals surface area contributed by atoms with E-state index in [2.05, 4.69) is 9.97 Å². The molecule has 0 fully saturated rings. The second-order valence-corrected chi connectivity index (χ2v) is 3.68. The number of nitrogens with zero attached hydrogens (tertiary/aromatic N) is 2. The van der Waals surface area contributed by atoms with E-state index in [4.69, 9.17) is 11.5 Å². The third-order valence-corrected chi connectivity index (χ3v) is 2.13. The zero-order valence-corrected chi connectivity index (χ0v) is 13.9. The van der Waals surface area contributed by atoms with Crippen molar-refractivity contribution in [1.29, 1.82) is 0 Å². The van der Waals surface area contributed by atoms with Crippen molar-refractivity contribution in [3.63, 3.8) is 0 Å². The number of hydrogen-bond donors (Lipinski definition) is 2. The molecule has 4 N–H and O–H groups in total. The van der Waals surface area contributed by atoms with E-state index in [0.717, 1.165) is 0 Å². The first kappa shape index (κ1) is 18.8. The maximum atomic E-state index is 5.39. The van der Waals surface area contributed by atoms with Crippen LogP contribution in [0.4, 0.5) is 11.4 Å². The van der Waals surface area contributed by atoms with Crippen LogP contribution < -0.4 is 11.5 Å². The quantitative estimate of drug-likeness (QED) is 0.508. The molecule has 3 rings (SSSR count). The van der Waals surface area contributed by atoms with Gasteiger partial charge in [0.2, 0.25) is 0 Å². The average Bonchev–Trinajstić information content (AvgIpc) is 2.55. The van der Waals surface area contributed by atoms with Crippen LogP contribution in [-0.4, -0.2) is 9.97 Å². The average molecular weight is 459 g/mol. The summed E-state index contributed by atoms with van der Waals surface area (Å²) in [6, 6.07) is 18.7. The summed E-state index contributed by atoms with van der Waals surface area (Å²) in [6.07, 6.45) is 7.00. The van der Waals surface area contributed by atoms with Gasteiger partial charge in [-0.05, 0) is 36.4 Å². The molecule has 1 radical (unpaired) electrons. The van der Waals surface area contributed by atoms with Crippen LogP contribution in [0.1, 0.15) is 0 Å². The van der Waals surface area contributed by atoms with E-state index in [9.17, 15) is 0 Å². The number of rotatable bonds is 0. The molecule has 111 valence electrons. The number of anilines is 2. The van der Waals surface area contributed by atoms with E-state index >= 15 is 0 Å². The number of nitrogens with two attached hydrogens (primary N) is 2. The summed E-state index contributed by atoms with van der Waals surface area (Å²) in [7, 11) is 0. The second-order valence-electron chi connectivity index (χ2n) is 3.68. The molecule has 0 atom stereocenters. The van der Waals surface area contributed by atoms with Crippen LogP contribution in [0.25, 0.3) is 0 Å². The van der Waals surface area contributed by atoms with Gasteiger partial charge in [0, 0.05) is 44.9 Å². The molecular weight excluding hydrogens is 440 g/mol. The summed E-state index contributed by atoms with van der Waals surface area (Å²) in [5.74, 6) is 0. The molecule has 0 saturated heterocycles. The van der Waals surface area contributed by atoms with Gasteiger partial charge in [0.15, 0.2) is 0 Å². The van der Waals surface area contributed by atoms with Gasteiger partial charge in [0.05, 0.1) is 11.4 Å². The Hall–Kier alpha value is -2.23. The van der Waals surface area contributed by atoms with Gasteiger partial charge in [-0.15, -0.1) is 0 Å². The summed E-state index contributed by atoms with van der Waals surface area (Å²) >= 11 is 0. The first-order valence-electron chi connectivity index (χ1n) is 6.10. The van der Waals surface area contributed by atoms with E-state index in [-0.39, 0.29) is 20.1 Å². The molecule has 0 unspecified atom stereocenters. The Bertz CT molecular complexity index is 456. The van der Waals surface area contributed by atoms with E-state index < -0.39 is 0 Å². The Morgan fingerprint density at radius 1 is 0.524 bits per heavy atom. The maximum Gasteiger partial charge on any atom is 0.0547 e. The van der Waals surface area contributed by atoms with Gasteiger partial charge in [0.1, 0.15) is 0 Å². The van der Waals surface area contributed by atoms with Crippen LogP contribution in [-0.2, 0) is 20.1 Å².